The van der Waals surface area contributed by atoms with Crippen LogP contribution in [0.3, 0.4) is 0 Å². The Morgan fingerprint density at radius 3 is 2.42 bits per heavy atom. The molecule has 1 aromatic carbocycles. The summed E-state index contributed by atoms with van der Waals surface area (Å²) in [7, 11) is 0. The van der Waals surface area contributed by atoms with Crippen LogP contribution in [0.15, 0.2) is 30.3 Å². The summed E-state index contributed by atoms with van der Waals surface area (Å²) in [6.07, 6.45) is 5.37. The average Bonchev–Trinajstić information content (AvgIpc) is 2.90. The third-order valence-electron chi connectivity index (χ3n) is 5.55. The number of benzene rings is 1. The number of piperazine rings is 1. The van der Waals surface area contributed by atoms with Crippen molar-refractivity contribution in [2.24, 2.45) is 0 Å². The van der Waals surface area contributed by atoms with Crippen molar-refractivity contribution in [3.63, 3.8) is 0 Å². The molecule has 0 bridgehead atoms. The van der Waals surface area contributed by atoms with E-state index in [1.807, 2.05) is 15.9 Å². The van der Waals surface area contributed by atoms with Crippen LogP contribution in [0.4, 0.5) is 0 Å². The quantitative estimate of drug-likeness (QED) is 0.784. The van der Waals surface area contributed by atoms with Crippen molar-refractivity contribution < 1.29 is 9.59 Å². The number of nitrogens with zero attached hydrogens (tertiary/aromatic N) is 3. The number of amides is 2. The maximum absolute atomic E-state index is 12.5. The van der Waals surface area contributed by atoms with Crippen LogP contribution in [-0.2, 0) is 16.0 Å². The van der Waals surface area contributed by atoms with Crippen LogP contribution >= 0.6 is 0 Å². The van der Waals surface area contributed by atoms with Crippen LogP contribution in [0.2, 0.25) is 0 Å². The fraction of sp³-hybridized carbons (Fsp3) is 0.619. The molecule has 3 rings (SSSR count). The van der Waals surface area contributed by atoms with E-state index in [0.29, 0.717) is 19.4 Å². The molecule has 5 heteroatoms. The molecule has 2 aliphatic rings. The van der Waals surface area contributed by atoms with E-state index in [-0.39, 0.29) is 11.8 Å². The van der Waals surface area contributed by atoms with Gasteiger partial charge in [0.25, 0.3) is 0 Å². The van der Waals surface area contributed by atoms with Crippen molar-refractivity contribution in [3.8, 4) is 0 Å². The molecule has 1 aromatic rings. The number of rotatable bonds is 6. The molecule has 2 amide bonds. The van der Waals surface area contributed by atoms with E-state index in [0.717, 1.165) is 65.0 Å². The first kappa shape index (κ1) is 18.9. The van der Waals surface area contributed by atoms with E-state index in [2.05, 4.69) is 29.2 Å². The third-order valence-corrected chi connectivity index (χ3v) is 5.55. The van der Waals surface area contributed by atoms with Gasteiger partial charge in [-0.3, -0.25) is 14.5 Å². The van der Waals surface area contributed by atoms with Crippen molar-refractivity contribution in [2.75, 3.05) is 45.8 Å². The first-order chi connectivity index (χ1) is 12.7. The summed E-state index contributed by atoms with van der Waals surface area (Å²) in [5, 5.41) is 0. The second kappa shape index (κ2) is 9.72. The molecular weight excluding hydrogens is 326 g/mol. The van der Waals surface area contributed by atoms with E-state index >= 15 is 0 Å². The van der Waals surface area contributed by atoms with Gasteiger partial charge in [0, 0.05) is 58.7 Å². The summed E-state index contributed by atoms with van der Waals surface area (Å²) in [5.41, 5.74) is 1.37. The van der Waals surface area contributed by atoms with Gasteiger partial charge in [-0.15, -0.1) is 0 Å². The molecule has 5 nitrogen and oxygen atoms in total. The standard InChI is InChI=1S/C21H31N3O2/c25-20-9-5-2-6-12-23(20)14-11-21(26)24-17-15-22(16-18-24)13-10-19-7-3-1-4-8-19/h1,3-4,7-8H,2,5-6,9-18H2. The van der Waals surface area contributed by atoms with Gasteiger partial charge in [0.2, 0.25) is 11.8 Å². The number of hydrogen-bond acceptors (Lipinski definition) is 3. The lowest BCUT2D eigenvalue weighted by molar-refractivity contribution is -0.135. The number of hydrogen-bond donors (Lipinski definition) is 0. The molecular formula is C21H31N3O2. The van der Waals surface area contributed by atoms with Gasteiger partial charge in [0.15, 0.2) is 0 Å². The summed E-state index contributed by atoms with van der Waals surface area (Å²) in [4.78, 5) is 30.8. The minimum atomic E-state index is 0.199. The maximum Gasteiger partial charge on any atom is 0.224 e. The van der Waals surface area contributed by atoms with E-state index in [1.165, 1.54) is 5.56 Å². The molecule has 0 aromatic heterocycles. The van der Waals surface area contributed by atoms with Crippen molar-refractivity contribution in [1.29, 1.82) is 0 Å². The Labute approximate surface area is 156 Å². The molecule has 0 N–H and O–H groups in total. The number of carbonyl (C=O) groups excluding carboxylic acids is 2. The Morgan fingerprint density at radius 1 is 0.885 bits per heavy atom. The lowest BCUT2D eigenvalue weighted by atomic mass is 10.1. The van der Waals surface area contributed by atoms with Crippen LogP contribution in [-0.4, -0.2) is 72.3 Å². The smallest absolute Gasteiger partial charge is 0.224 e. The Balaban J connectivity index is 1.36. The van der Waals surface area contributed by atoms with Crippen LogP contribution in [0.1, 0.15) is 37.7 Å². The topological polar surface area (TPSA) is 43.9 Å². The molecule has 0 radical (unpaired) electrons. The van der Waals surface area contributed by atoms with Crippen molar-refractivity contribution in [3.05, 3.63) is 35.9 Å². The fourth-order valence-corrected chi connectivity index (χ4v) is 3.82. The molecule has 142 valence electrons. The number of likely N-dealkylation sites (tertiary alicyclic amines) is 1. The lowest BCUT2D eigenvalue weighted by Gasteiger charge is -2.35. The highest BCUT2D eigenvalue weighted by molar-refractivity contribution is 5.79. The highest BCUT2D eigenvalue weighted by Crippen LogP contribution is 2.12. The fourth-order valence-electron chi connectivity index (χ4n) is 3.82. The first-order valence-corrected chi connectivity index (χ1v) is 10.0. The van der Waals surface area contributed by atoms with E-state index in [1.54, 1.807) is 0 Å². The second-order valence-corrected chi connectivity index (χ2v) is 7.40. The van der Waals surface area contributed by atoms with E-state index < -0.39 is 0 Å². The Morgan fingerprint density at radius 2 is 1.65 bits per heavy atom. The van der Waals surface area contributed by atoms with Gasteiger partial charge in [0.05, 0.1) is 0 Å². The van der Waals surface area contributed by atoms with Crippen LogP contribution in [0, 0.1) is 0 Å². The van der Waals surface area contributed by atoms with Gasteiger partial charge in [-0.2, -0.15) is 0 Å². The van der Waals surface area contributed by atoms with Gasteiger partial charge >= 0.3 is 0 Å². The monoisotopic (exact) mass is 357 g/mol. The molecule has 2 saturated heterocycles. The average molecular weight is 357 g/mol. The Kier molecular flexibility index (Phi) is 7.06. The van der Waals surface area contributed by atoms with Gasteiger partial charge in [-0.25, -0.2) is 0 Å². The number of carbonyl (C=O) groups is 2. The first-order valence-electron chi connectivity index (χ1n) is 10.0. The predicted molar refractivity (Wildman–Crippen MR) is 103 cm³/mol. The minimum Gasteiger partial charge on any atom is -0.342 e. The van der Waals surface area contributed by atoms with Gasteiger partial charge in [0.1, 0.15) is 0 Å². The summed E-state index contributed by atoms with van der Waals surface area (Å²) in [6.45, 7) is 5.96. The SMILES string of the molecule is O=C1CCCCCN1CCC(=O)N1CCN(CCc2ccccc2)CC1. The van der Waals surface area contributed by atoms with Crippen molar-refractivity contribution >= 4 is 11.8 Å². The summed E-state index contributed by atoms with van der Waals surface area (Å²) < 4.78 is 0. The molecule has 2 heterocycles. The Hall–Kier alpha value is -1.88. The summed E-state index contributed by atoms with van der Waals surface area (Å²) in [6, 6.07) is 10.6. The zero-order chi connectivity index (χ0) is 18.2. The normalized spacial score (nSPS) is 19.5. The van der Waals surface area contributed by atoms with Crippen LogP contribution in [0.25, 0.3) is 0 Å². The molecule has 0 aliphatic carbocycles. The predicted octanol–water partition coefficient (Wildman–Crippen LogP) is 2.17. The molecule has 0 saturated carbocycles. The van der Waals surface area contributed by atoms with E-state index in [9.17, 15) is 9.59 Å². The largest absolute Gasteiger partial charge is 0.342 e. The second-order valence-electron chi connectivity index (χ2n) is 7.40. The lowest BCUT2D eigenvalue weighted by Crippen LogP contribution is -2.49. The van der Waals surface area contributed by atoms with Crippen LogP contribution < -0.4 is 0 Å². The van der Waals surface area contributed by atoms with Gasteiger partial charge in [-0.05, 0) is 24.8 Å². The summed E-state index contributed by atoms with van der Waals surface area (Å²) >= 11 is 0. The zero-order valence-corrected chi connectivity index (χ0v) is 15.7. The highest BCUT2D eigenvalue weighted by Gasteiger charge is 2.22. The maximum atomic E-state index is 12.5. The van der Waals surface area contributed by atoms with Crippen molar-refractivity contribution in [2.45, 2.75) is 38.5 Å². The third kappa shape index (κ3) is 5.56. The van der Waals surface area contributed by atoms with E-state index in [4.69, 9.17) is 0 Å². The molecule has 0 atom stereocenters. The van der Waals surface area contributed by atoms with Gasteiger partial charge in [-0.1, -0.05) is 36.8 Å². The van der Waals surface area contributed by atoms with Crippen LogP contribution in [0.5, 0.6) is 0 Å². The molecule has 0 spiro atoms. The Bertz CT molecular complexity index is 582. The zero-order valence-electron chi connectivity index (χ0n) is 15.7. The summed E-state index contributed by atoms with van der Waals surface area (Å²) in [5.74, 6) is 0.422. The molecule has 26 heavy (non-hydrogen) atoms. The van der Waals surface area contributed by atoms with Gasteiger partial charge < -0.3 is 9.80 Å². The molecule has 0 unspecified atom stereocenters. The molecule has 2 fully saturated rings. The van der Waals surface area contributed by atoms with Crippen molar-refractivity contribution in [1.82, 2.24) is 14.7 Å². The minimum absolute atomic E-state index is 0.199. The molecule has 2 aliphatic heterocycles. The highest BCUT2D eigenvalue weighted by atomic mass is 16.2.